The zero-order valence-electron chi connectivity index (χ0n) is 16.5. The summed E-state index contributed by atoms with van der Waals surface area (Å²) in [4.78, 5) is 25.3. The molecule has 3 aromatic carbocycles. The van der Waals surface area contributed by atoms with Crippen molar-refractivity contribution in [2.24, 2.45) is 0 Å². The number of halogens is 8. The molecule has 0 saturated carbocycles. The Balaban J connectivity index is 1.80. The minimum absolute atomic E-state index is 0.0191. The smallest absolute Gasteiger partial charge is 0.341 e. The van der Waals surface area contributed by atoms with Gasteiger partial charge in [-0.15, -0.1) is 0 Å². The molecule has 1 heterocycles. The summed E-state index contributed by atoms with van der Waals surface area (Å²) in [6, 6.07) is 4.30. The van der Waals surface area contributed by atoms with Gasteiger partial charge in [-0.25, -0.2) is 13.2 Å². The second-order valence-electron chi connectivity index (χ2n) is 7.29. The van der Waals surface area contributed by atoms with Crippen LogP contribution in [0.5, 0.6) is 0 Å². The topological polar surface area (TPSA) is 58.2 Å². The number of carbonyl (C=O) groups is 2. The monoisotopic (exact) mass is 562 g/mol. The lowest BCUT2D eigenvalue weighted by atomic mass is 9.96. The third-order valence-electron chi connectivity index (χ3n) is 5.02. The van der Waals surface area contributed by atoms with Gasteiger partial charge < -0.3 is 10.6 Å². The molecule has 0 spiro atoms. The van der Waals surface area contributed by atoms with Crippen LogP contribution in [0.4, 0.5) is 32.0 Å². The van der Waals surface area contributed by atoms with E-state index < -0.39 is 57.6 Å². The van der Waals surface area contributed by atoms with Gasteiger partial charge in [0.05, 0.1) is 16.6 Å². The zero-order chi connectivity index (χ0) is 24.9. The summed E-state index contributed by atoms with van der Waals surface area (Å²) in [5, 5.41) is 4.39. The van der Waals surface area contributed by atoms with E-state index in [0.717, 1.165) is 6.07 Å². The van der Waals surface area contributed by atoms with Crippen molar-refractivity contribution in [2.45, 2.75) is 12.2 Å². The fourth-order valence-electron chi connectivity index (χ4n) is 3.60. The van der Waals surface area contributed by atoms with Gasteiger partial charge in [-0.2, -0.15) is 13.2 Å². The van der Waals surface area contributed by atoms with Gasteiger partial charge in [0.2, 0.25) is 0 Å². The fraction of sp³-hybridized carbons (Fsp3) is 0.0909. The Morgan fingerprint density at radius 1 is 1.00 bits per heavy atom. The van der Waals surface area contributed by atoms with Crippen LogP contribution in [0.15, 0.2) is 46.9 Å². The molecular formula is C22H10BrClF6N2O2. The highest BCUT2D eigenvalue weighted by Gasteiger charge is 2.36. The Morgan fingerprint density at radius 2 is 1.68 bits per heavy atom. The molecular weight excluding hydrogens is 554 g/mol. The van der Waals surface area contributed by atoms with E-state index in [0.29, 0.717) is 22.7 Å². The largest absolute Gasteiger partial charge is 0.416 e. The van der Waals surface area contributed by atoms with Gasteiger partial charge in [0, 0.05) is 38.5 Å². The van der Waals surface area contributed by atoms with Crippen LogP contribution >= 0.6 is 27.5 Å². The van der Waals surface area contributed by atoms with Crippen LogP contribution < -0.4 is 10.6 Å². The molecule has 0 saturated heterocycles. The number of alkyl halides is 3. The van der Waals surface area contributed by atoms with Crippen LogP contribution in [0.2, 0.25) is 5.02 Å². The van der Waals surface area contributed by atoms with Crippen molar-refractivity contribution in [3.05, 3.63) is 97.2 Å². The molecule has 12 heteroatoms. The quantitative estimate of drug-likeness (QED) is 0.278. The molecule has 1 aliphatic heterocycles. The number of fused-ring (bicyclic) bond motifs is 1. The molecule has 4 rings (SSSR count). The lowest BCUT2D eigenvalue weighted by Gasteiger charge is -2.19. The number of anilines is 1. The van der Waals surface area contributed by atoms with E-state index in [1.807, 2.05) is 0 Å². The maximum atomic E-state index is 14.0. The number of nitrogens with one attached hydrogen (secondary N) is 2. The van der Waals surface area contributed by atoms with Crippen molar-refractivity contribution in [1.82, 2.24) is 5.32 Å². The van der Waals surface area contributed by atoms with Crippen molar-refractivity contribution in [3.63, 3.8) is 0 Å². The molecule has 4 nitrogen and oxygen atoms in total. The van der Waals surface area contributed by atoms with Crippen molar-refractivity contribution < 1.29 is 35.9 Å². The maximum absolute atomic E-state index is 14.0. The van der Waals surface area contributed by atoms with E-state index in [2.05, 4.69) is 26.6 Å². The van der Waals surface area contributed by atoms with E-state index in [4.69, 9.17) is 11.6 Å². The first-order chi connectivity index (χ1) is 15.8. The highest BCUT2D eigenvalue weighted by molar-refractivity contribution is 9.10. The van der Waals surface area contributed by atoms with Crippen LogP contribution in [0.3, 0.4) is 0 Å². The summed E-state index contributed by atoms with van der Waals surface area (Å²) < 4.78 is 81.1. The number of benzene rings is 3. The molecule has 1 atom stereocenters. The van der Waals surface area contributed by atoms with Crippen molar-refractivity contribution >= 4 is 45.0 Å². The molecule has 2 N–H and O–H groups in total. The molecule has 0 aliphatic carbocycles. The molecule has 34 heavy (non-hydrogen) atoms. The second-order valence-corrected chi connectivity index (χ2v) is 8.59. The third kappa shape index (κ3) is 4.49. The van der Waals surface area contributed by atoms with Gasteiger partial charge in [0.25, 0.3) is 11.8 Å². The Labute approximate surface area is 201 Å². The first-order valence-corrected chi connectivity index (χ1v) is 10.5. The normalized spacial score (nSPS) is 15.2. The molecule has 1 unspecified atom stereocenters. The van der Waals surface area contributed by atoms with E-state index in [-0.39, 0.29) is 28.4 Å². The Kier molecular flexibility index (Phi) is 6.11. The zero-order valence-corrected chi connectivity index (χ0v) is 18.8. The molecule has 0 radical (unpaired) electrons. The van der Waals surface area contributed by atoms with Gasteiger partial charge >= 0.3 is 6.18 Å². The number of hydrogen-bond acceptors (Lipinski definition) is 2. The Morgan fingerprint density at radius 3 is 2.35 bits per heavy atom. The average molecular weight is 564 g/mol. The van der Waals surface area contributed by atoms with E-state index >= 15 is 0 Å². The van der Waals surface area contributed by atoms with E-state index in [1.54, 1.807) is 0 Å². The maximum Gasteiger partial charge on any atom is 0.416 e. The number of amides is 2. The van der Waals surface area contributed by atoms with Gasteiger partial charge in [0.15, 0.2) is 0 Å². The molecule has 176 valence electrons. The van der Waals surface area contributed by atoms with Crippen LogP contribution in [0.1, 0.15) is 43.4 Å². The molecule has 2 amide bonds. The van der Waals surface area contributed by atoms with Gasteiger partial charge in [-0.05, 0) is 36.4 Å². The summed E-state index contributed by atoms with van der Waals surface area (Å²) in [7, 11) is 0. The summed E-state index contributed by atoms with van der Waals surface area (Å²) in [6.07, 6.45) is -4.90. The first kappa shape index (κ1) is 24.1. The molecule has 1 aliphatic rings. The fourth-order valence-corrected chi connectivity index (χ4v) is 4.28. The predicted molar refractivity (Wildman–Crippen MR) is 114 cm³/mol. The van der Waals surface area contributed by atoms with Gasteiger partial charge in [0.1, 0.15) is 17.5 Å². The lowest BCUT2D eigenvalue weighted by molar-refractivity contribution is -0.137. The standard InChI is InChI=1S/C22H10BrClF6N2O2/c23-10-4-13-17(19(32-21(13)34)14-6-12(26)7-15(27)18(14)24)16(5-10)31-20(33)8-1-9(22(28,29)30)3-11(25)2-8/h1-7,19H,(H,31,33)(H,32,34). The predicted octanol–water partition coefficient (Wildman–Crippen LogP) is 6.62. The minimum Gasteiger partial charge on any atom is -0.341 e. The van der Waals surface area contributed by atoms with Gasteiger partial charge in [-0.3, -0.25) is 9.59 Å². The van der Waals surface area contributed by atoms with E-state index in [9.17, 15) is 35.9 Å². The average Bonchev–Trinajstić information content (AvgIpc) is 3.06. The molecule has 0 bridgehead atoms. The highest BCUT2D eigenvalue weighted by Crippen LogP contribution is 2.41. The minimum atomic E-state index is -4.90. The highest BCUT2D eigenvalue weighted by atomic mass is 79.9. The van der Waals surface area contributed by atoms with Crippen LogP contribution in [-0.2, 0) is 6.18 Å². The first-order valence-electron chi connectivity index (χ1n) is 9.33. The Hall–Kier alpha value is -3.05. The second kappa shape index (κ2) is 8.62. The van der Waals surface area contributed by atoms with Crippen molar-refractivity contribution in [2.75, 3.05) is 5.32 Å². The summed E-state index contributed by atoms with van der Waals surface area (Å²) in [5.74, 6) is -5.10. The molecule has 3 aromatic rings. The number of carbonyl (C=O) groups excluding carboxylic acids is 2. The summed E-state index contributed by atoms with van der Waals surface area (Å²) >= 11 is 9.15. The van der Waals surface area contributed by atoms with Crippen LogP contribution in [0.25, 0.3) is 0 Å². The Bertz CT molecular complexity index is 1360. The van der Waals surface area contributed by atoms with Crippen LogP contribution in [-0.4, -0.2) is 11.8 Å². The van der Waals surface area contributed by atoms with Gasteiger partial charge in [-0.1, -0.05) is 27.5 Å². The van der Waals surface area contributed by atoms with Crippen LogP contribution in [0, 0.1) is 17.5 Å². The SMILES string of the molecule is O=C(Nc1cc(Br)cc2c1C(c1cc(F)cc(F)c1Cl)NC2=O)c1cc(F)cc(C(F)(F)F)c1. The number of rotatable bonds is 3. The number of hydrogen-bond donors (Lipinski definition) is 2. The third-order valence-corrected chi connectivity index (χ3v) is 5.88. The lowest BCUT2D eigenvalue weighted by Crippen LogP contribution is -2.21. The molecule has 0 fully saturated rings. The van der Waals surface area contributed by atoms with E-state index in [1.165, 1.54) is 12.1 Å². The van der Waals surface area contributed by atoms with Crippen molar-refractivity contribution in [3.8, 4) is 0 Å². The molecule has 0 aromatic heterocycles. The van der Waals surface area contributed by atoms with Crippen molar-refractivity contribution in [1.29, 1.82) is 0 Å². The summed E-state index contributed by atoms with van der Waals surface area (Å²) in [5.41, 5.74) is -2.13. The summed E-state index contributed by atoms with van der Waals surface area (Å²) in [6.45, 7) is 0.